The highest BCUT2D eigenvalue weighted by molar-refractivity contribution is 9.10. The smallest absolute Gasteiger partial charge is 0.403 e. The zero-order valence-corrected chi connectivity index (χ0v) is 9.93. The van der Waals surface area contributed by atoms with E-state index in [1.807, 2.05) is 0 Å². The van der Waals surface area contributed by atoms with Gasteiger partial charge in [-0.2, -0.15) is 13.2 Å². The van der Waals surface area contributed by atoms with Crippen LogP contribution < -0.4 is 4.74 Å². The third-order valence-corrected chi connectivity index (χ3v) is 2.57. The van der Waals surface area contributed by atoms with Crippen LogP contribution in [0.1, 0.15) is 5.56 Å². The van der Waals surface area contributed by atoms with Gasteiger partial charge in [0.25, 0.3) is 0 Å². The van der Waals surface area contributed by atoms with Gasteiger partial charge in [-0.3, -0.25) is 0 Å². The molecule has 0 spiro atoms. The van der Waals surface area contributed by atoms with Gasteiger partial charge in [0.1, 0.15) is 0 Å². The molecule has 0 saturated carbocycles. The van der Waals surface area contributed by atoms with E-state index in [4.69, 9.17) is 11.6 Å². The number of halogens is 8. The molecule has 0 radical (unpaired) electrons. The summed E-state index contributed by atoms with van der Waals surface area (Å²) in [7, 11) is 0. The SMILES string of the molecule is FC(F)(F)Oc1c(Br)ccc(C(F)(F)F)c1Cl. The van der Waals surface area contributed by atoms with Crippen molar-refractivity contribution >= 4 is 27.5 Å². The summed E-state index contributed by atoms with van der Waals surface area (Å²) >= 11 is 7.85. The third-order valence-electron chi connectivity index (χ3n) is 1.57. The van der Waals surface area contributed by atoms with Crippen molar-refractivity contribution < 1.29 is 31.1 Å². The third kappa shape index (κ3) is 3.67. The number of ether oxygens (including phenoxy) is 1. The second-order valence-electron chi connectivity index (χ2n) is 2.78. The van der Waals surface area contributed by atoms with Crippen LogP contribution in [0.15, 0.2) is 16.6 Å². The van der Waals surface area contributed by atoms with Crippen molar-refractivity contribution in [3.05, 3.63) is 27.2 Å². The number of benzene rings is 1. The van der Waals surface area contributed by atoms with Gasteiger partial charge in [-0.15, -0.1) is 13.2 Å². The lowest BCUT2D eigenvalue weighted by molar-refractivity contribution is -0.275. The Morgan fingerprint density at radius 1 is 1.06 bits per heavy atom. The summed E-state index contributed by atoms with van der Waals surface area (Å²) in [5.41, 5.74) is -1.40. The first kappa shape index (κ1) is 14.4. The molecule has 0 aliphatic heterocycles. The van der Waals surface area contributed by atoms with E-state index in [2.05, 4.69) is 20.7 Å². The number of hydrogen-bond acceptors (Lipinski definition) is 1. The molecule has 0 saturated heterocycles. The van der Waals surface area contributed by atoms with Crippen LogP contribution in [0.4, 0.5) is 26.3 Å². The van der Waals surface area contributed by atoms with Crippen molar-refractivity contribution in [2.75, 3.05) is 0 Å². The molecule has 0 amide bonds. The van der Waals surface area contributed by atoms with Gasteiger partial charge in [0.05, 0.1) is 15.1 Å². The van der Waals surface area contributed by atoms with Crippen LogP contribution in [0.25, 0.3) is 0 Å². The Morgan fingerprint density at radius 2 is 1.59 bits per heavy atom. The zero-order valence-electron chi connectivity index (χ0n) is 7.59. The van der Waals surface area contributed by atoms with E-state index in [1.165, 1.54) is 0 Å². The fraction of sp³-hybridized carbons (Fsp3) is 0.250. The van der Waals surface area contributed by atoms with Gasteiger partial charge in [0, 0.05) is 0 Å². The minimum absolute atomic E-state index is 0.326. The molecule has 1 aromatic rings. The van der Waals surface area contributed by atoms with Crippen LogP contribution in [0.5, 0.6) is 5.75 Å². The minimum atomic E-state index is -5.13. The number of rotatable bonds is 1. The summed E-state index contributed by atoms with van der Waals surface area (Å²) in [6, 6.07) is 1.32. The average molecular weight is 343 g/mol. The Hall–Kier alpha value is -0.630. The number of hydrogen-bond donors (Lipinski definition) is 0. The van der Waals surface area contributed by atoms with Gasteiger partial charge in [-0.25, -0.2) is 0 Å². The first-order valence-corrected chi connectivity index (χ1v) is 5.00. The summed E-state index contributed by atoms with van der Waals surface area (Å²) in [6.45, 7) is 0. The predicted octanol–water partition coefficient (Wildman–Crippen LogP) is 5.02. The molecule has 0 aromatic heterocycles. The standard InChI is InChI=1S/C8H2BrClF6O/c9-4-2-1-3(7(11,12)13)5(10)6(4)17-8(14,15)16/h1-2H. The molecule has 0 heterocycles. The van der Waals surface area contributed by atoms with E-state index < -0.39 is 28.9 Å². The van der Waals surface area contributed by atoms with E-state index >= 15 is 0 Å². The van der Waals surface area contributed by atoms with Crippen molar-refractivity contribution in [2.24, 2.45) is 0 Å². The lowest BCUT2D eigenvalue weighted by Crippen LogP contribution is -2.18. The van der Waals surface area contributed by atoms with E-state index in [-0.39, 0.29) is 4.47 Å². The van der Waals surface area contributed by atoms with E-state index in [1.54, 1.807) is 0 Å². The molecular weight excluding hydrogens is 341 g/mol. The molecule has 0 aliphatic rings. The summed E-state index contributed by atoms with van der Waals surface area (Å²) < 4.78 is 76.0. The van der Waals surface area contributed by atoms with Crippen molar-refractivity contribution in [2.45, 2.75) is 12.5 Å². The summed E-state index contributed by atoms with van der Waals surface area (Å²) in [5, 5.41) is -1.15. The van der Waals surface area contributed by atoms with E-state index in [0.29, 0.717) is 6.07 Å². The van der Waals surface area contributed by atoms with E-state index in [9.17, 15) is 26.3 Å². The van der Waals surface area contributed by atoms with Crippen LogP contribution in [0.3, 0.4) is 0 Å². The predicted molar refractivity (Wildman–Crippen MR) is 50.8 cm³/mol. The first-order valence-electron chi connectivity index (χ1n) is 3.83. The molecule has 9 heteroatoms. The van der Waals surface area contributed by atoms with Gasteiger partial charge in [-0.05, 0) is 28.1 Å². The molecule has 0 atom stereocenters. The van der Waals surface area contributed by atoms with Gasteiger partial charge < -0.3 is 4.74 Å². The molecular formula is C8H2BrClF6O. The van der Waals surface area contributed by atoms with Crippen LogP contribution in [0.2, 0.25) is 5.02 Å². The molecule has 0 aliphatic carbocycles. The molecule has 0 N–H and O–H groups in total. The normalized spacial score (nSPS) is 12.7. The maximum Gasteiger partial charge on any atom is 0.573 e. The van der Waals surface area contributed by atoms with Gasteiger partial charge in [0.15, 0.2) is 5.75 Å². The van der Waals surface area contributed by atoms with Crippen molar-refractivity contribution in [3.8, 4) is 5.75 Å². The highest BCUT2D eigenvalue weighted by Crippen LogP contribution is 2.44. The second kappa shape index (κ2) is 4.56. The Labute approximate surface area is 104 Å². The monoisotopic (exact) mass is 342 g/mol. The molecule has 0 fully saturated rings. The maximum atomic E-state index is 12.4. The molecule has 0 unspecified atom stereocenters. The highest BCUT2D eigenvalue weighted by atomic mass is 79.9. The minimum Gasteiger partial charge on any atom is -0.403 e. The average Bonchev–Trinajstić information content (AvgIpc) is 2.08. The Morgan fingerprint density at radius 3 is 2.00 bits per heavy atom. The molecule has 1 rings (SSSR count). The van der Waals surface area contributed by atoms with Crippen LogP contribution in [0, 0.1) is 0 Å². The van der Waals surface area contributed by atoms with Gasteiger partial charge in [-0.1, -0.05) is 11.6 Å². The molecule has 17 heavy (non-hydrogen) atoms. The summed E-state index contributed by atoms with van der Waals surface area (Å²) in [6.07, 6.45) is -9.99. The van der Waals surface area contributed by atoms with Gasteiger partial charge >= 0.3 is 12.5 Å². The second-order valence-corrected chi connectivity index (χ2v) is 4.02. The Kier molecular flexibility index (Phi) is 3.87. The fourth-order valence-electron chi connectivity index (χ4n) is 0.961. The van der Waals surface area contributed by atoms with Crippen LogP contribution >= 0.6 is 27.5 Å². The fourth-order valence-corrected chi connectivity index (χ4v) is 1.80. The Bertz CT molecular complexity index is 427. The largest absolute Gasteiger partial charge is 0.573 e. The number of alkyl halides is 6. The quantitative estimate of drug-likeness (QED) is 0.651. The molecule has 96 valence electrons. The topological polar surface area (TPSA) is 9.23 Å². The van der Waals surface area contributed by atoms with Crippen LogP contribution in [-0.4, -0.2) is 6.36 Å². The summed E-state index contributed by atoms with van der Waals surface area (Å²) in [5.74, 6) is -1.12. The Balaban J connectivity index is 3.31. The van der Waals surface area contributed by atoms with Crippen molar-refractivity contribution in [1.82, 2.24) is 0 Å². The lowest BCUT2D eigenvalue weighted by Gasteiger charge is -2.15. The van der Waals surface area contributed by atoms with Crippen molar-refractivity contribution in [1.29, 1.82) is 0 Å². The van der Waals surface area contributed by atoms with Gasteiger partial charge in [0.2, 0.25) is 0 Å². The lowest BCUT2D eigenvalue weighted by atomic mass is 10.2. The summed E-state index contributed by atoms with van der Waals surface area (Å²) in [4.78, 5) is 0. The molecule has 1 nitrogen and oxygen atoms in total. The van der Waals surface area contributed by atoms with E-state index in [0.717, 1.165) is 6.07 Å². The van der Waals surface area contributed by atoms with Crippen LogP contribution in [-0.2, 0) is 6.18 Å². The highest BCUT2D eigenvalue weighted by Gasteiger charge is 2.38. The van der Waals surface area contributed by atoms with Crippen molar-refractivity contribution in [3.63, 3.8) is 0 Å². The maximum absolute atomic E-state index is 12.4. The molecule has 1 aromatic carbocycles. The first-order chi connectivity index (χ1) is 7.52. The molecule has 0 bridgehead atoms. The zero-order chi connectivity index (χ0) is 13.4.